The third kappa shape index (κ3) is 4.27. The van der Waals surface area contributed by atoms with Crippen molar-refractivity contribution in [3.8, 4) is 0 Å². The van der Waals surface area contributed by atoms with Gasteiger partial charge < -0.3 is 5.11 Å². The van der Waals surface area contributed by atoms with Gasteiger partial charge in [-0.25, -0.2) is 4.79 Å². The number of aromatic nitrogens is 2. The molecular formula is C28H32N2O2. The van der Waals surface area contributed by atoms with Crippen molar-refractivity contribution >= 4 is 18.1 Å². The zero-order chi connectivity index (χ0) is 23.1. The summed E-state index contributed by atoms with van der Waals surface area (Å²) < 4.78 is 1.96. The number of nitrogens with zero attached hydrogens (tertiary/aromatic N) is 2. The van der Waals surface area contributed by atoms with E-state index in [1.807, 2.05) is 42.2 Å². The Bertz CT molecular complexity index is 1180. The molecule has 1 aliphatic rings. The molecule has 0 spiro atoms. The van der Waals surface area contributed by atoms with Gasteiger partial charge in [0.25, 0.3) is 0 Å². The first-order valence-electron chi connectivity index (χ1n) is 11.2. The summed E-state index contributed by atoms with van der Waals surface area (Å²) >= 11 is 0. The topological polar surface area (TPSA) is 55.1 Å². The standard InChI is InChI=1S/C28H32N2O2/c1-19-15-20(8-10-23(19)26(31)32)7-9-21-16-24-25(28(4,5)12-11-27(24,2)3)17-22(21)18-30-14-6-13-29-30/h6-10,13-17H,11-12,18H2,1-5H3,(H,31,32)/b9-7+. The van der Waals surface area contributed by atoms with E-state index in [0.29, 0.717) is 12.1 Å². The zero-order valence-corrected chi connectivity index (χ0v) is 19.6. The number of aromatic carboxylic acids is 1. The third-order valence-electron chi connectivity index (χ3n) is 6.94. The van der Waals surface area contributed by atoms with E-state index in [9.17, 15) is 9.90 Å². The van der Waals surface area contributed by atoms with Crippen LogP contribution in [0.15, 0.2) is 48.8 Å². The van der Waals surface area contributed by atoms with E-state index in [0.717, 1.165) is 11.1 Å². The number of rotatable bonds is 5. The van der Waals surface area contributed by atoms with E-state index < -0.39 is 5.97 Å². The van der Waals surface area contributed by atoms with Crippen LogP contribution in [-0.2, 0) is 17.4 Å². The molecule has 0 aliphatic heterocycles. The van der Waals surface area contributed by atoms with E-state index in [1.165, 1.54) is 35.1 Å². The summed E-state index contributed by atoms with van der Waals surface area (Å²) in [5, 5.41) is 13.7. The van der Waals surface area contributed by atoms with Crippen molar-refractivity contribution in [3.63, 3.8) is 0 Å². The normalized spacial score (nSPS) is 16.8. The van der Waals surface area contributed by atoms with Crippen molar-refractivity contribution in [1.29, 1.82) is 0 Å². The van der Waals surface area contributed by atoms with E-state index in [4.69, 9.17) is 0 Å². The minimum absolute atomic E-state index is 0.136. The SMILES string of the molecule is Cc1cc(/C=C/c2cc3c(cc2Cn2cccn2)C(C)(C)CCC3(C)C)ccc1C(=O)O. The number of carboxylic acid groups (broad SMARTS) is 1. The van der Waals surface area contributed by atoms with Crippen molar-refractivity contribution in [1.82, 2.24) is 9.78 Å². The lowest BCUT2D eigenvalue weighted by Crippen LogP contribution is -2.34. The molecule has 4 heteroatoms. The molecule has 166 valence electrons. The molecule has 1 N–H and O–H groups in total. The molecule has 1 aliphatic carbocycles. The van der Waals surface area contributed by atoms with E-state index >= 15 is 0 Å². The maximum Gasteiger partial charge on any atom is 0.335 e. The Balaban J connectivity index is 1.80. The number of fused-ring (bicyclic) bond motifs is 1. The predicted octanol–water partition coefficient (Wildman–Crippen LogP) is 6.46. The van der Waals surface area contributed by atoms with Gasteiger partial charge in [-0.1, -0.05) is 64.1 Å². The van der Waals surface area contributed by atoms with Crippen LogP contribution < -0.4 is 0 Å². The smallest absolute Gasteiger partial charge is 0.335 e. The summed E-state index contributed by atoms with van der Waals surface area (Å²) in [4.78, 5) is 11.3. The van der Waals surface area contributed by atoms with E-state index in [-0.39, 0.29) is 10.8 Å². The van der Waals surface area contributed by atoms with Crippen LogP contribution in [0.2, 0.25) is 0 Å². The van der Waals surface area contributed by atoms with E-state index in [1.54, 1.807) is 6.07 Å². The van der Waals surface area contributed by atoms with Crippen molar-refractivity contribution in [3.05, 3.63) is 87.7 Å². The Labute approximate surface area is 190 Å². The van der Waals surface area contributed by atoms with Gasteiger partial charge in [0.2, 0.25) is 0 Å². The summed E-state index contributed by atoms with van der Waals surface area (Å²) in [5.41, 5.74) is 7.69. The van der Waals surface area contributed by atoms with Gasteiger partial charge in [-0.3, -0.25) is 4.68 Å². The minimum atomic E-state index is -0.890. The average molecular weight is 429 g/mol. The molecule has 0 saturated carbocycles. The first kappa shape index (κ1) is 22.1. The van der Waals surface area contributed by atoms with Gasteiger partial charge in [-0.05, 0) is 76.1 Å². The van der Waals surface area contributed by atoms with Crippen LogP contribution in [0.3, 0.4) is 0 Å². The number of aryl methyl sites for hydroxylation is 1. The molecule has 0 amide bonds. The summed E-state index contributed by atoms with van der Waals surface area (Å²) in [5.74, 6) is -0.890. The molecule has 3 aromatic rings. The van der Waals surface area contributed by atoms with Crippen LogP contribution in [0.5, 0.6) is 0 Å². The molecule has 0 fully saturated rings. The number of carboxylic acids is 1. The fourth-order valence-electron chi connectivity index (χ4n) is 4.75. The molecule has 0 radical (unpaired) electrons. The first-order chi connectivity index (χ1) is 15.1. The lowest BCUT2D eigenvalue weighted by Gasteiger charge is -2.42. The number of benzene rings is 2. The quantitative estimate of drug-likeness (QED) is 0.475. The maximum atomic E-state index is 11.3. The van der Waals surface area contributed by atoms with Crippen LogP contribution in [0.1, 0.15) is 84.3 Å². The van der Waals surface area contributed by atoms with Crippen molar-refractivity contribution < 1.29 is 9.90 Å². The van der Waals surface area contributed by atoms with Gasteiger partial charge in [-0.15, -0.1) is 0 Å². The van der Waals surface area contributed by atoms with Gasteiger partial charge >= 0.3 is 5.97 Å². The largest absolute Gasteiger partial charge is 0.478 e. The highest BCUT2D eigenvalue weighted by Gasteiger charge is 2.37. The van der Waals surface area contributed by atoms with Gasteiger partial charge in [0.05, 0.1) is 12.1 Å². The Morgan fingerprint density at radius 1 is 1.06 bits per heavy atom. The second-order valence-electron chi connectivity index (χ2n) is 10.3. The highest BCUT2D eigenvalue weighted by atomic mass is 16.4. The number of carbonyl (C=O) groups is 1. The predicted molar refractivity (Wildman–Crippen MR) is 130 cm³/mol. The average Bonchev–Trinajstić information content (AvgIpc) is 3.23. The van der Waals surface area contributed by atoms with E-state index in [2.05, 4.69) is 57.1 Å². The van der Waals surface area contributed by atoms with Crippen molar-refractivity contribution in [2.45, 2.75) is 64.8 Å². The number of hydrogen-bond donors (Lipinski definition) is 1. The molecule has 0 bridgehead atoms. The summed E-state index contributed by atoms with van der Waals surface area (Å²) in [6.45, 7) is 11.9. The van der Waals surface area contributed by atoms with Gasteiger partial charge in [-0.2, -0.15) is 5.10 Å². The summed E-state index contributed by atoms with van der Waals surface area (Å²) in [7, 11) is 0. The molecule has 2 aromatic carbocycles. The molecule has 0 unspecified atom stereocenters. The summed E-state index contributed by atoms with van der Waals surface area (Å²) in [6.07, 6.45) is 10.4. The van der Waals surface area contributed by atoms with Gasteiger partial charge in [0.15, 0.2) is 0 Å². The van der Waals surface area contributed by atoms with Crippen LogP contribution in [0, 0.1) is 6.92 Å². The first-order valence-corrected chi connectivity index (χ1v) is 11.2. The molecule has 1 heterocycles. The second-order valence-corrected chi connectivity index (χ2v) is 10.3. The van der Waals surface area contributed by atoms with Crippen LogP contribution in [-0.4, -0.2) is 20.9 Å². The minimum Gasteiger partial charge on any atom is -0.478 e. The lowest BCUT2D eigenvalue weighted by molar-refractivity contribution is 0.0696. The number of hydrogen-bond acceptors (Lipinski definition) is 2. The van der Waals surface area contributed by atoms with Crippen LogP contribution >= 0.6 is 0 Å². The molecule has 4 nitrogen and oxygen atoms in total. The highest BCUT2D eigenvalue weighted by Crippen LogP contribution is 2.46. The monoisotopic (exact) mass is 428 g/mol. The Morgan fingerprint density at radius 2 is 1.75 bits per heavy atom. The molecule has 4 rings (SSSR count). The molecule has 0 atom stereocenters. The zero-order valence-electron chi connectivity index (χ0n) is 19.6. The third-order valence-corrected chi connectivity index (χ3v) is 6.94. The van der Waals surface area contributed by atoms with Crippen molar-refractivity contribution in [2.75, 3.05) is 0 Å². The molecule has 1 aromatic heterocycles. The Kier molecular flexibility index (Phi) is 5.58. The molecule has 32 heavy (non-hydrogen) atoms. The summed E-state index contributed by atoms with van der Waals surface area (Å²) in [6, 6.07) is 12.2. The fourth-order valence-corrected chi connectivity index (χ4v) is 4.75. The maximum absolute atomic E-state index is 11.3. The Morgan fingerprint density at radius 3 is 2.34 bits per heavy atom. The molecule has 0 saturated heterocycles. The van der Waals surface area contributed by atoms with Crippen LogP contribution in [0.25, 0.3) is 12.2 Å². The highest BCUT2D eigenvalue weighted by molar-refractivity contribution is 5.90. The molecular weight excluding hydrogens is 396 g/mol. The second kappa shape index (κ2) is 8.09. The fraction of sp³-hybridized carbons (Fsp3) is 0.357. The van der Waals surface area contributed by atoms with Crippen LogP contribution in [0.4, 0.5) is 0 Å². The Hall–Kier alpha value is -3.14. The van der Waals surface area contributed by atoms with Gasteiger partial charge in [0, 0.05) is 12.4 Å². The van der Waals surface area contributed by atoms with Gasteiger partial charge in [0.1, 0.15) is 0 Å². The van der Waals surface area contributed by atoms with Crippen molar-refractivity contribution in [2.24, 2.45) is 0 Å². The lowest BCUT2D eigenvalue weighted by atomic mass is 9.62.